The molecule has 10 heteroatoms. The molecule has 0 aromatic heterocycles. The van der Waals surface area contributed by atoms with Crippen LogP contribution in [0, 0.1) is 0 Å². The second-order valence-electron chi connectivity index (χ2n) is 8.54. The van der Waals surface area contributed by atoms with Crippen molar-refractivity contribution < 1.29 is 33.4 Å². The third-order valence-corrected chi connectivity index (χ3v) is 6.37. The smallest absolute Gasteiger partial charge is 0.410 e. The van der Waals surface area contributed by atoms with Crippen LogP contribution in [0.25, 0.3) is 0 Å². The van der Waals surface area contributed by atoms with Gasteiger partial charge in [-0.1, -0.05) is 18.2 Å². The molecule has 3 aliphatic rings. The maximum atomic E-state index is 12.9. The summed E-state index contributed by atoms with van der Waals surface area (Å²) >= 11 is 0. The summed E-state index contributed by atoms with van der Waals surface area (Å²) in [7, 11) is 1.24. The molecule has 3 amide bonds. The summed E-state index contributed by atoms with van der Waals surface area (Å²) in [6.45, 7) is 0.933. The van der Waals surface area contributed by atoms with Gasteiger partial charge in [-0.25, -0.2) is 14.4 Å². The van der Waals surface area contributed by atoms with Crippen molar-refractivity contribution in [3.05, 3.63) is 34.9 Å². The number of rotatable bonds is 1. The number of methoxy groups -OCH3 is 1. The van der Waals surface area contributed by atoms with Gasteiger partial charge in [0.2, 0.25) is 5.91 Å². The number of aryl methyl sites for hydroxylation is 1. The number of ether oxygens (including phenoxy) is 3. The normalized spacial score (nSPS) is 24.2. The molecule has 0 spiro atoms. The van der Waals surface area contributed by atoms with Gasteiger partial charge in [0.25, 0.3) is 0 Å². The molecule has 0 saturated carbocycles. The summed E-state index contributed by atoms with van der Waals surface area (Å²) in [6, 6.07) is 5.23. The monoisotopic (exact) mass is 459 g/mol. The number of esters is 1. The molecule has 1 fully saturated rings. The maximum Gasteiger partial charge on any atom is 0.410 e. The van der Waals surface area contributed by atoms with Gasteiger partial charge in [0.05, 0.1) is 20.3 Å². The van der Waals surface area contributed by atoms with Gasteiger partial charge in [0.1, 0.15) is 18.7 Å². The van der Waals surface area contributed by atoms with E-state index in [4.69, 9.17) is 14.2 Å². The average molecular weight is 459 g/mol. The van der Waals surface area contributed by atoms with Gasteiger partial charge in [-0.2, -0.15) is 0 Å². The zero-order chi connectivity index (χ0) is 23.4. The number of benzene rings is 1. The molecule has 10 nitrogen and oxygen atoms in total. The maximum absolute atomic E-state index is 12.9. The molecule has 3 aliphatic heterocycles. The minimum Gasteiger partial charge on any atom is -0.467 e. The number of cyclic esters (lactones) is 1. The lowest BCUT2D eigenvalue weighted by molar-refractivity contribution is -0.150. The minimum absolute atomic E-state index is 0.0487. The molecule has 1 aromatic carbocycles. The first kappa shape index (κ1) is 22.9. The van der Waals surface area contributed by atoms with Gasteiger partial charge in [-0.15, -0.1) is 0 Å². The molecular formula is C23H29N3O7. The van der Waals surface area contributed by atoms with E-state index in [1.165, 1.54) is 17.6 Å². The van der Waals surface area contributed by atoms with Gasteiger partial charge < -0.3 is 24.4 Å². The quantitative estimate of drug-likeness (QED) is 0.502. The highest BCUT2D eigenvalue weighted by atomic mass is 16.6. The number of hydrogen-bond acceptors (Lipinski definition) is 7. The van der Waals surface area contributed by atoms with Crippen LogP contribution in [0.15, 0.2) is 18.2 Å². The Morgan fingerprint density at radius 3 is 2.76 bits per heavy atom. The fourth-order valence-corrected chi connectivity index (χ4v) is 4.65. The van der Waals surface area contributed by atoms with Crippen LogP contribution >= 0.6 is 0 Å². The Hall–Kier alpha value is -3.30. The zero-order valence-electron chi connectivity index (χ0n) is 18.7. The van der Waals surface area contributed by atoms with Crippen LogP contribution in [0.4, 0.5) is 9.59 Å². The van der Waals surface area contributed by atoms with Crippen LogP contribution < -0.4 is 5.32 Å². The minimum atomic E-state index is -0.883. The number of nitrogens with one attached hydrogen (secondary N) is 1. The number of amides is 3. The highest BCUT2D eigenvalue weighted by Gasteiger charge is 2.42. The van der Waals surface area contributed by atoms with Gasteiger partial charge >= 0.3 is 18.2 Å². The standard InChI is InChI=1S/C23H29N3O7/c1-31-21(28)19-10-17-13-26(19)20(27)11-24-22(29)32-9-4-2-3-6-15-7-5-8-16-12-25(14-18(15)16)23(30)33-17/h5,7-8,17,19H,2-4,6,9-14H2,1H3,(H,24,29)/t17-,19+/m1/s1. The second kappa shape index (κ2) is 10.1. The fraction of sp³-hybridized carbons (Fsp3) is 0.565. The van der Waals surface area contributed by atoms with Crippen molar-refractivity contribution in [2.45, 2.75) is 57.3 Å². The van der Waals surface area contributed by atoms with Gasteiger partial charge in [0.15, 0.2) is 0 Å². The van der Waals surface area contributed by atoms with Gasteiger partial charge in [-0.05, 0) is 42.4 Å². The van der Waals surface area contributed by atoms with E-state index < -0.39 is 36.2 Å². The van der Waals surface area contributed by atoms with Crippen molar-refractivity contribution in [2.24, 2.45) is 0 Å². The van der Waals surface area contributed by atoms with Crippen molar-refractivity contribution in [1.29, 1.82) is 0 Å². The highest BCUT2D eigenvalue weighted by Crippen LogP contribution is 2.29. The number of alkyl carbamates (subject to hydrolysis) is 1. The number of carbonyl (C=O) groups excluding carboxylic acids is 4. The molecule has 0 aliphatic carbocycles. The summed E-state index contributed by atoms with van der Waals surface area (Å²) in [5, 5.41) is 2.42. The van der Waals surface area contributed by atoms with E-state index >= 15 is 0 Å². The van der Waals surface area contributed by atoms with E-state index in [0.29, 0.717) is 19.5 Å². The Morgan fingerprint density at radius 1 is 1.12 bits per heavy atom. The second-order valence-corrected chi connectivity index (χ2v) is 8.54. The Labute approximate surface area is 192 Å². The van der Waals surface area contributed by atoms with Gasteiger partial charge in [0, 0.05) is 19.5 Å². The molecule has 0 radical (unpaired) electrons. The lowest BCUT2D eigenvalue weighted by Gasteiger charge is -2.22. The van der Waals surface area contributed by atoms with Crippen molar-refractivity contribution in [3.63, 3.8) is 0 Å². The first-order chi connectivity index (χ1) is 16.0. The summed E-state index contributed by atoms with van der Waals surface area (Å²) in [5.74, 6) is -1.07. The molecule has 2 atom stereocenters. The van der Waals surface area contributed by atoms with E-state index in [1.807, 2.05) is 12.1 Å². The lowest BCUT2D eigenvalue weighted by atomic mass is 9.99. The van der Waals surface area contributed by atoms with Crippen LogP contribution in [0.2, 0.25) is 0 Å². The average Bonchev–Trinajstić information content (AvgIpc) is 3.43. The largest absolute Gasteiger partial charge is 0.467 e. The summed E-state index contributed by atoms with van der Waals surface area (Å²) in [6.07, 6.45) is 1.76. The van der Waals surface area contributed by atoms with Crippen LogP contribution in [-0.4, -0.2) is 72.8 Å². The Balaban J connectivity index is 1.52. The molecule has 0 unspecified atom stereocenters. The number of carbonyl (C=O) groups is 4. The van der Waals surface area contributed by atoms with Crippen LogP contribution in [-0.2, 0) is 43.3 Å². The van der Waals surface area contributed by atoms with Crippen LogP contribution in [0.5, 0.6) is 0 Å². The van der Waals surface area contributed by atoms with Crippen molar-refractivity contribution in [1.82, 2.24) is 15.1 Å². The fourth-order valence-electron chi connectivity index (χ4n) is 4.65. The molecule has 4 bridgehead atoms. The van der Waals surface area contributed by atoms with E-state index in [0.717, 1.165) is 30.4 Å². The third-order valence-electron chi connectivity index (χ3n) is 6.37. The molecule has 33 heavy (non-hydrogen) atoms. The van der Waals surface area contributed by atoms with Crippen molar-refractivity contribution in [2.75, 3.05) is 26.8 Å². The van der Waals surface area contributed by atoms with Crippen molar-refractivity contribution in [3.8, 4) is 0 Å². The molecular weight excluding hydrogens is 430 g/mol. The molecule has 4 rings (SSSR count). The van der Waals surface area contributed by atoms with Crippen LogP contribution in [0.1, 0.15) is 42.4 Å². The molecule has 1 saturated heterocycles. The Morgan fingerprint density at radius 2 is 1.94 bits per heavy atom. The summed E-state index contributed by atoms with van der Waals surface area (Å²) in [5.41, 5.74) is 3.47. The molecule has 1 N–H and O–H groups in total. The van der Waals surface area contributed by atoms with E-state index in [2.05, 4.69) is 11.4 Å². The first-order valence-electron chi connectivity index (χ1n) is 11.3. The SMILES string of the molecule is COC(=O)[C@@H]1C[C@@H]2CN1C(=O)CNC(=O)OCCCCCc1cccc3c1CN(C3)C(=O)O2. The first-order valence-corrected chi connectivity index (χ1v) is 11.3. The topological polar surface area (TPSA) is 114 Å². The Kier molecular flexibility index (Phi) is 7.00. The van der Waals surface area contributed by atoms with E-state index in [9.17, 15) is 19.2 Å². The number of fused-ring (bicyclic) bond motifs is 3. The molecule has 1 aromatic rings. The summed E-state index contributed by atoms with van der Waals surface area (Å²) in [4.78, 5) is 52.7. The van der Waals surface area contributed by atoms with E-state index in [1.54, 1.807) is 4.90 Å². The third kappa shape index (κ3) is 5.20. The summed E-state index contributed by atoms with van der Waals surface area (Å²) < 4.78 is 15.7. The number of hydrogen-bond donors (Lipinski definition) is 1. The zero-order valence-corrected chi connectivity index (χ0v) is 18.7. The van der Waals surface area contributed by atoms with E-state index in [-0.39, 0.29) is 26.1 Å². The predicted molar refractivity (Wildman–Crippen MR) is 115 cm³/mol. The van der Waals surface area contributed by atoms with Crippen LogP contribution in [0.3, 0.4) is 0 Å². The molecule has 178 valence electrons. The lowest BCUT2D eigenvalue weighted by Crippen LogP contribution is -2.46. The highest BCUT2D eigenvalue weighted by molar-refractivity contribution is 5.88. The predicted octanol–water partition coefficient (Wildman–Crippen LogP) is 1.73. The molecule has 3 heterocycles. The van der Waals surface area contributed by atoms with Crippen molar-refractivity contribution >= 4 is 24.1 Å². The Bertz CT molecular complexity index is 935. The van der Waals surface area contributed by atoms with Gasteiger partial charge in [-0.3, -0.25) is 9.69 Å². The number of nitrogens with zero attached hydrogens (tertiary/aromatic N) is 2.